The number of imidazole rings is 1. The number of aromatic nitrogens is 2. The molecule has 0 aliphatic heterocycles. The van der Waals surface area contributed by atoms with Gasteiger partial charge in [-0.1, -0.05) is 18.2 Å². The molecule has 0 bridgehead atoms. The zero-order chi connectivity index (χ0) is 17.9. The summed E-state index contributed by atoms with van der Waals surface area (Å²) in [6.07, 6.45) is 1.92. The van der Waals surface area contributed by atoms with E-state index in [2.05, 4.69) is 10.3 Å². The van der Waals surface area contributed by atoms with Crippen molar-refractivity contribution in [3.63, 3.8) is 0 Å². The second-order valence-corrected chi connectivity index (χ2v) is 6.56. The number of rotatable bonds is 5. The van der Waals surface area contributed by atoms with E-state index in [9.17, 15) is 4.79 Å². The largest absolute Gasteiger partial charge is 0.497 e. The average molecular weight is 363 g/mol. The SMILES string of the molecule is COc1cccc(CNC(=O)c2nc3ccccn3c2-c2ccsc2)c1. The fourth-order valence-corrected chi connectivity index (χ4v) is 3.52. The lowest BCUT2D eigenvalue weighted by molar-refractivity contribution is 0.0947. The minimum Gasteiger partial charge on any atom is -0.497 e. The van der Waals surface area contributed by atoms with Crippen LogP contribution < -0.4 is 10.1 Å². The molecule has 4 rings (SSSR count). The molecule has 1 amide bonds. The van der Waals surface area contributed by atoms with Crippen molar-refractivity contribution in [3.8, 4) is 17.0 Å². The number of thiophene rings is 1. The second kappa shape index (κ2) is 7.01. The fourth-order valence-electron chi connectivity index (χ4n) is 2.88. The molecule has 3 aromatic heterocycles. The molecule has 0 aliphatic rings. The molecule has 0 unspecified atom stereocenters. The molecule has 6 heteroatoms. The molecule has 0 spiro atoms. The Balaban J connectivity index is 1.65. The number of nitrogens with zero attached hydrogens (tertiary/aromatic N) is 2. The van der Waals surface area contributed by atoms with Crippen molar-refractivity contribution >= 4 is 22.9 Å². The molecular weight excluding hydrogens is 346 g/mol. The van der Waals surface area contributed by atoms with Gasteiger partial charge in [-0.05, 0) is 41.3 Å². The van der Waals surface area contributed by atoms with Gasteiger partial charge in [-0.25, -0.2) is 4.98 Å². The lowest BCUT2D eigenvalue weighted by Gasteiger charge is -2.07. The zero-order valence-corrected chi connectivity index (χ0v) is 15.0. The topological polar surface area (TPSA) is 55.6 Å². The number of methoxy groups -OCH3 is 1. The molecule has 0 atom stereocenters. The van der Waals surface area contributed by atoms with E-state index in [0.717, 1.165) is 28.2 Å². The van der Waals surface area contributed by atoms with Crippen molar-refractivity contribution in [1.82, 2.24) is 14.7 Å². The van der Waals surface area contributed by atoms with E-state index in [0.29, 0.717) is 12.2 Å². The van der Waals surface area contributed by atoms with E-state index in [1.165, 1.54) is 0 Å². The van der Waals surface area contributed by atoms with E-state index in [4.69, 9.17) is 4.74 Å². The van der Waals surface area contributed by atoms with Crippen LogP contribution in [0.1, 0.15) is 16.1 Å². The van der Waals surface area contributed by atoms with Gasteiger partial charge in [0.2, 0.25) is 0 Å². The quantitative estimate of drug-likeness (QED) is 0.583. The van der Waals surface area contributed by atoms with E-state index >= 15 is 0 Å². The Hall–Kier alpha value is -3.12. The van der Waals surface area contributed by atoms with E-state index in [-0.39, 0.29) is 5.91 Å². The summed E-state index contributed by atoms with van der Waals surface area (Å²) in [4.78, 5) is 17.4. The van der Waals surface area contributed by atoms with Crippen LogP contribution >= 0.6 is 11.3 Å². The Labute approximate surface area is 154 Å². The van der Waals surface area contributed by atoms with Crippen molar-refractivity contribution in [2.45, 2.75) is 6.54 Å². The smallest absolute Gasteiger partial charge is 0.272 e. The van der Waals surface area contributed by atoms with Crippen molar-refractivity contribution in [2.75, 3.05) is 7.11 Å². The van der Waals surface area contributed by atoms with Gasteiger partial charge in [-0.15, -0.1) is 0 Å². The van der Waals surface area contributed by atoms with Gasteiger partial charge in [0.15, 0.2) is 5.69 Å². The number of carbonyl (C=O) groups excluding carboxylic acids is 1. The van der Waals surface area contributed by atoms with Crippen LogP contribution in [0.5, 0.6) is 5.75 Å². The minimum absolute atomic E-state index is 0.197. The summed E-state index contributed by atoms with van der Waals surface area (Å²) < 4.78 is 7.17. The number of benzene rings is 1. The zero-order valence-electron chi connectivity index (χ0n) is 14.2. The van der Waals surface area contributed by atoms with E-state index < -0.39 is 0 Å². The molecular formula is C20H17N3O2S. The van der Waals surface area contributed by atoms with Gasteiger partial charge in [0, 0.05) is 23.7 Å². The maximum Gasteiger partial charge on any atom is 0.272 e. The first kappa shape index (κ1) is 16.4. The third-order valence-corrected chi connectivity index (χ3v) is 4.81. The number of hydrogen-bond acceptors (Lipinski definition) is 4. The summed E-state index contributed by atoms with van der Waals surface area (Å²) in [6.45, 7) is 0.410. The Morgan fingerprint density at radius 1 is 1.23 bits per heavy atom. The van der Waals surface area contributed by atoms with Crippen molar-refractivity contribution in [1.29, 1.82) is 0 Å². The van der Waals surface area contributed by atoms with Gasteiger partial charge < -0.3 is 10.1 Å². The first-order valence-corrected chi connectivity index (χ1v) is 9.11. The number of amides is 1. The van der Waals surface area contributed by atoms with Crippen LogP contribution in [0, 0.1) is 0 Å². The normalized spacial score (nSPS) is 10.8. The minimum atomic E-state index is -0.197. The predicted molar refractivity (Wildman–Crippen MR) is 103 cm³/mol. The van der Waals surface area contributed by atoms with Crippen LogP contribution in [0.2, 0.25) is 0 Å². The molecule has 3 heterocycles. The first-order valence-electron chi connectivity index (χ1n) is 8.17. The Kier molecular flexibility index (Phi) is 4.41. The number of hydrogen-bond donors (Lipinski definition) is 1. The lowest BCUT2D eigenvalue weighted by Crippen LogP contribution is -2.23. The summed E-state index contributed by atoms with van der Waals surface area (Å²) in [7, 11) is 1.63. The van der Waals surface area contributed by atoms with Crippen LogP contribution in [0.4, 0.5) is 0 Å². The monoisotopic (exact) mass is 363 g/mol. The number of pyridine rings is 1. The molecule has 1 aromatic carbocycles. The standard InChI is InChI=1S/C20H17N3O2S/c1-25-16-6-4-5-14(11-16)12-21-20(24)18-19(15-8-10-26-13-15)23-9-3-2-7-17(23)22-18/h2-11,13H,12H2,1H3,(H,21,24). The first-order chi connectivity index (χ1) is 12.8. The van der Waals surface area contributed by atoms with Crippen LogP contribution in [0.25, 0.3) is 16.9 Å². The highest BCUT2D eigenvalue weighted by Gasteiger charge is 2.20. The fraction of sp³-hybridized carbons (Fsp3) is 0.100. The highest BCUT2D eigenvalue weighted by Crippen LogP contribution is 2.27. The molecule has 0 saturated carbocycles. The van der Waals surface area contributed by atoms with Crippen LogP contribution in [0.3, 0.4) is 0 Å². The third kappa shape index (κ3) is 3.07. The maximum atomic E-state index is 12.8. The molecule has 5 nitrogen and oxygen atoms in total. The lowest BCUT2D eigenvalue weighted by atomic mass is 10.1. The van der Waals surface area contributed by atoms with Crippen molar-refractivity contribution < 1.29 is 9.53 Å². The van der Waals surface area contributed by atoms with Crippen LogP contribution in [0.15, 0.2) is 65.5 Å². The molecule has 0 saturated heterocycles. The van der Waals surface area contributed by atoms with Crippen LogP contribution in [-0.4, -0.2) is 22.4 Å². The van der Waals surface area contributed by atoms with E-state index in [1.54, 1.807) is 18.4 Å². The third-order valence-electron chi connectivity index (χ3n) is 4.13. The van der Waals surface area contributed by atoms with Gasteiger partial charge >= 0.3 is 0 Å². The number of ether oxygens (including phenoxy) is 1. The Morgan fingerprint density at radius 3 is 2.96 bits per heavy atom. The molecule has 0 fully saturated rings. The average Bonchev–Trinajstić information content (AvgIpc) is 3.33. The molecule has 26 heavy (non-hydrogen) atoms. The molecule has 130 valence electrons. The van der Waals surface area contributed by atoms with Crippen LogP contribution in [-0.2, 0) is 6.54 Å². The van der Waals surface area contributed by atoms with Gasteiger partial charge in [0.1, 0.15) is 11.4 Å². The second-order valence-electron chi connectivity index (χ2n) is 5.78. The van der Waals surface area contributed by atoms with Gasteiger partial charge in [-0.3, -0.25) is 9.20 Å². The number of fused-ring (bicyclic) bond motifs is 1. The molecule has 0 radical (unpaired) electrons. The molecule has 0 aliphatic carbocycles. The molecule has 1 N–H and O–H groups in total. The molecule has 4 aromatic rings. The predicted octanol–water partition coefficient (Wildman–Crippen LogP) is 4.00. The summed E-state index contributed by atoms with van der Waals surface area (Å²) in [5, 5.41) is 6.98. The summed E-state index contributed by atoms with van der Waals surface area (Å²) in [5.41, 5.74) is 3.95. The Morgan fingerprint density at radius 2 is 2.15 bits per heavy atom. The number of carbonyl (C=O) groups is 1. The highest BCUT2D eigenvalue weighted by molar-refractivity contribution is 7.08. The van der Waals surface area contributed by atoms with Gasteiger partial charge in [0.05, 0.1) is 12.8 Å². The maximum absolute atomic E-state index is 12.8. The van der Waals surface area contributed by atoms with Crippen molar-refractivity contribution in [3.05, 3.63) is 76.7 Å². The Bertz CT molecular complexity index is 1050. The van der Waals surface area contributed by atoms with Crippen molar-refractivity contribution in [2.24, 2.45) is 0 Å². The summed E-state index contributed by atoms with van der Waals surface area (Å²) in [6, 6.07) is 15.4. The summed E-state index contributed by atoms with van der Waals surface area (Å²) >= 11 is 1.59. The number of nitrogens with one attached hydrogen (secondary N) is 1. The van der Waals surface area contributed by atoms with E-state index in [1.807, 2.05) is 69.9 Å². The summed E-state index contributed by atoms with van der Waals surface area (Å²) in [5.74, 6) is 0.571. The van der Waals surface area contributed by atoms with Gasteiger partial charge in [-0.2, -0.15) is 11.3 Å². The highest BCUT2D eigenvalue weighted by atomic mass is 32.1. The van der Waals surface area contributed by atoms with Gasteiger partial charge in [0.25, 0.3) is 5.91 Å².